The zero-order valence-electron chi connectivity index (χ0n) is 17.8. The molecule has 4 rings (SSSR count). The number of nitriles is 1. The first kappa shape index (κ1) is 20.5. The van der Waals surface area contributed by atoms with Gasteiger partial charge in [0.05, 0.1) is 29.9 Å². The van der Waals surface area contributed by atoms with Gasteiger partial charge in [-0.25, -0.2) is 0 Å². The van der Waals surface area contributed by atoms with Crippen LogP contribution in [0.4, 0.5) is 5.69 Å². The molecule has 2 aliphatic heterocycles. The molecule has 7 nitrogen and oxygen atoms in total. The van der Waals surface area contributed by atoms with E-state index in [9.17, 15) is 5.26 Å². The summed E-state index contributed by atoms with van der Waals surface area (Å²) in [5.41, 5.74) is 14.8. The average Bonchev–Trinajstić information content (AvgIpc) is 3.08. The summed E-state index contributed by atoms with van der Waals surface area (Å²) in [5.74, 6) is 0. The first-order chi connectivity index (χ1) is 15.2. The Morgan fingerprint density at radius 2 is 2.16 bits per heavy atom. The van der Waals surface area contributed by atoms with E-state index in [1.807, 2.05) is 37.5 Å². The van der Waals surface area contributed by atoms with E-state index in [1.165, 1.54) is 11.8 Å². The second-order valence-corrected chi connectivity index (χ2v) is 7.67. The summed E-state index contributed by atoms with van der Waals surface area (Å²) in [6, 6.07) is 16.7. The van der Waals surface area contributed by atoms with E-state index in [0.717, 1.165) is 52.3 Å². The summed E-state index contributed by atoms with van der Waals surface area (Å²) < 4.78 is 0. The first-order valence-corrected chi connectivity index (χ1v) is 10.4. The third kappa shape index (κ3) is 3.98. The maximum Gasteiger partial charge on any atom is 0.0814 e. The van der Waals surface area contributed by atoms with Gasteiger partial charge < -0.3 is 21.5 Å². The van der Waals surface area contributed by atoms with Gasteiger partial charge in [0, 0.05) is 42.8 Å². The molecule has 5 N–H and O–H groups in total. The number of hydrogen-bond donors (Lipinski definition) is 5. The highest BCUT2D eigenvalue weighted by Crippen LogP contribution is 2.38. The van der Waals surface area contributed by atoms with Gasteiger partial charge in [0.2, 0.25) is 0 Å². The molecule has 0 spiro atoms. The molecule has 0 aliphatic carbocycles. The molecule has 0 bridgehead atoms. The van der Waals surface area contributed by atoms with Gasteiger partial charge in [0.1, 0.15) is 0 Å². The van der Waals surface area contributed by atoms with Crippen LogP contribution in [0.3, 0.4) is 0 Å². The van der Waals surface area contributed by atoms with Crippen LogP contribution in [-0.4, -0.2) is 24.8 Å². The van der Waals surface area contributed by atoms with Crippen LogP contribution in [-0.2, 0) is 6.42 Å². The molecule has 31 heavy (non-hydrogen) atoms. The van der Waals surface area contributed by atoms with Gasteiger partial charge in [-0.2, -0.15) is 5.26 Å². The molecule has 0 amide bonds. The fraction of sp³-hybridized carbons (Fsp3) is 0.250. The Morgan fingerprint density at radius 1 is 1.32 bits per heavy atom. The van der Waals surface area contributed by atoms with Crippen LogP contribution >= 0.6 is 0 Å². The molecule has 0 radical (unpaired) electrons. The number of benzene rings is 2. The van der Waals surface area contributed by atoms with Crippen LogP contribution in [0.25, 0.3) is 11.3 Å². The molecular formula is C24H27N7. The normalized spacial score (nSPS) is 17.8. The van der Waals surface area contributed by atoms with Crippen molar-refractivity contribution in [2.24, 2.45) is 0 Å². The van der Waals surface area contributed by atoms with Crippen molar-refractivity contribution in [1.29, 1.82) is 10.7 Å². The molecule has 158 valence electrons. The zero-order valence-corrected chi connectivity index (χ0v) is 17.8. The molecule has 2 heterocycles. The van der Waals surface area contributed by atoms with Crippen molar-refractivity contribution >= 4 is 23.2 Å². The van der Waals surface area contributed by atoms with Crippen molar-refractivity contribution in [3.05, 3.63) is 76.6 Å². The van der Waals surface area contributed by atoms with Crippen molar-refractivity contribution in [3.63, 3.8) is 0 Å². The Kier molecular flexibility index (Phi) is 5.92. The minimum atomic E-state index is 0.0593. The van der Waals surface area contributed by atoms with Crippen LogP contribution in [0.15, 0.2) is 54.4 Å². The number of fused-ring (bicyclic) bond motifs is 3. The second-order valence-electron chi connectivity index (χ2n) is 7.67. The maximum atomic E-state index is 9.23. The summed E-state index contributed by atoms with van der Waals surface area (Å²) >= 11 is 0. The van der Waals surface area contributed by atoms with Crippen molar-refractivity contribution in [3.8, 4) is 6.07 Å². The van der Waals surface area contributed by atoms with Gasteiger partial charge in [0.15, 0.2) is 0 Å². The molecule has 0 saturated carbocycles. The van der Waals surface area contributed by atoms with Crippen LogP contribution in [0.5, 0.6) is 0 Å². The maximum absolute atomic E-state index is 9.23. The van der Waals surface area contributed by atoms with Gasteiger partial charge in [-0.1, -0.05) is 30.3 Å². The number of anilines is 1. The number of rotatable bonds is 6. The van der Waals surface area contributed by atoms with Crippen LogP contribution in [0.2, 0.25) is 0 Å². The van der Waals surface area contributed by atoms with E-state index in [4.69, 9.17) is 5.41 Å². The predicted molar refractivity (Wildman–Crippen MR) is 125 cm³/mol. The van der Waals surface area contributed by atoms with E-state index >= 15 is 0 Å². The molecule has 0 fully saturated rings. The molecule has 0 saturated heterocycles. The van der Waals surface area contributed by atoms with Gasteiger partial charge in [0.25, 0.3) is 0 Å². The Balaban J connectivity index is 1.82. The summed E-state index contributed by atoms with van der Waals surface area (Å²) in [4.78, 5) is 0. The number of hydrogen-bond acceptors (Lipinski definition) is 7. The summed E-state index contributed by atoms with van der Waals surface area (Å²) in [7, 11) is 1.84. The van der Waals surface area contributed by atoms with E-state index in [-0.39, 0.29) is 6.04 Å². The van der Waals surface area contributed by atoms with Crippen LogP contribution in [0.1, 0.15) is 41.6 Å². The standard InChI is InChI=1S/C24H27N7/c1-16-24-20-8-7-18(19(14-26)15-27-2)13-21(20)23(10-12-31(24)30-29-16)28-22-6-4-3-5-17(22)9-11-25/h3-8,13-15,23,26-30H,9-10,12H2,1-2H3/b19-15+,26-14?. The van der Waals surface area contributed by atoms with Crippen molar-refractivity contribution < 1.29 is 0 Å². The van der Waals surface area contributed by atoms with E-state index in [2.05, 4.69) is 57.8 Å². The molecule has 1 unspecified atom stereocenters. The minimum Gasteiger partial charge on any atom is -0.393 e. The minimum absolute atomic E-state index is 0.0593. The summed E-state index contributed by atoms with van der Waals surface area (Å²) in [6.07, 6.45) is 4.45. The zero-order chi connectivity index (χ0) is 21.8. The van der Waals surface area contributed by atoms with Gasteiger partial charge >= 0.3 is 0 Å². The Labute approximate surface area is 182 Å². The number of hydrazine groups is 2. The monoisotopic (exact) mass is 413 g/mol. The largest absolute Gasteiger partial charge is 0.393 e. The van der Waals surface area contributed by atoms with Crippen LogP contribution < -0.4 is 21.6 Å². The molecule has 2 aromatic rings. The molecule has 1 atom stereocenters. The Morgan fingerprint density at radius 3 is 2.94 bits per heavy atom. The van der Waals surface area contributed by atoms with E-state index in [0.29, 0.717) is 6.42 Å². The van der Waals surface area contributed by atoms with Gasteiger partial charge in [-0.15, -0.1) is 5.53 Å². The number of nitrogens with zero attached hydrogens (tertiary/aromatic N) is 2. The number of nitrogens with one attached hydrogen (secondary N) is 5. The number of para-hydroxylation sites is 1. The summed E-state index contributed by atoms with van der Waals surface area (Å²) in [6.45, 7) is 2.89. The molecule has 0 aromatic heterocycles. The SMILES string of the molecule is CN/C=C(\C=N)c1ccc2c(c1)C(Nc1ccccc1CC#N)CCN1NNC(C)=C21. The lowest BCUT2D eigenvalue weighted by molar-refractivity contribution is 0.281. The van der Waals surface area contributed by atoms with Crippen LogP contribution in [0, 0.1) is 16.7 Å². The molecule has 7 heteroatoms. The molecule has 2 aromatic carbocycles. The molecular weight excluding hydrogens is 386 g/mol. The Hall–Kier alpha value is -3.76. The third-order valence-corrected chi connectivity index (χ3v) is 5.73. The lowest BCUT2D eigenvalue weighted by atomic mass is 9.92. The third-order valence-electron chi connectivity index (χ3n) is 5.73. The van der Waals surface area contributed by atoms with Gasteiger partial charge in [-0.3, -0.25) is 5.01 Å². The van der Waals surface area contributed by atoms with Crippen molar-refractivity contribution in [1.82, 2.24) is 21.3 Å². The highest BCUT2D eigenvalue weighted by Gasteiger charge is 2.30. The predicted octanol–water partition coefficient (Wildman–Crippen LogP) is 3.53. The second kappa shape index (κ2) is 8.94. The fourth-order valence-corrected chi connectivity index (χ4v) is 4.25. The number of allylic oxidation sites excluding steroid dienone is 2. The quantitative estimate of drug-likeness (QED) is 0.465. The molecule has 2 aliphatic rings. The first-order valence-electron chi connectivity index (χ1n) is 10.4. The highest BCUT2D eigenvalue weighted by molar-refractivity contribution is 6.08. The summed E-state index contributed by atoms with van der Waals surface area (Å²) in [5, 5.41) is 25.9. The topological polar surface area (TPSA) is 99.0 Å². The van der Waals surface area contributed by atoms with Crippen molar-refractivity contribution in [2.45, 2.75) is 25.8 Å². The Bertz CT molecular complexity index is 1090. The van der Waals surface area contributed by atoms with Crippen molar-refractivity contribution in [2.75, 3.05) is 18.9 Å². The van der Waals surface area contributed by atoms with E-state index in [1.54, 1.807) is 0 Å². The smallest absolute Gasteiger partial charge is 0.0814 e. The average molecular weight is 414 g/mol. The lowest BCUT2D eigenvalue weighted by Gasteiger charge is -2.23. The van der Waals surface area contributed by atoms with Gasteiger partial charge in [-0.05, 0) is 42.2 Å². The lowest BCUT2D eigenvalue weighted by Crippen LogP contribution is -2.38. The highest BCUT2D eigenvalue weighted by atomic mass is 15.7. The fourth-order valence-electron chi connectivity index (χ4n) is 4.25. The van der Waals surface area contributed by atoms with E-state index < -0.39 is 0 Å².